The number of anilines is 3. The van der Waals surface area contributed by atoms with Crippen LogP contribution in [0.4, 0.5) is 26.0 Å². The Bertz CT molecular complexity index is 1300. The number of ether oxygens (including phenoxy) is 1. The number of rotatable bonds is 8. The van der Waals surface area contributed by atoms with Gasteiger partial charge < -0.3 is 25.0 Å². The lowest BCUT2D eigenvalue weighted by atomic mass is 10.2. The van der Waals surface area contributed by atoms with Gasteiger partial charge in [-0.15, -0.1) is 0 Å². The number of nitrogens with zero attached hydrogens (tertiary/aromatic N) is 4. The van der Waals surface area contributed by atoms with Gasteiger partial charge in [0.05, 0.1) is 29.9 Å². The van der Waals surface area contributed by atoms with Gasteiger partial charge in [-0.3, -0.25) is 14.6 Å². The zero-order valence-electron chi connectivity index (χ0n) is 19.2. The molecule has 0 radical (unpaired) electrons. The minimum Gasteiger partial charge on any atom is -0.481 e. The lowest BCUT2D eigenvalue weighted by Gasteiger charge is -2.11. The normalized spacial score (nSPS) is 18.3. The van der Waals surface area contributed by atoms with E-state index in [4.69, 9.17) is 14.4 Å². The summed E-state index contributed by atoms with van der Waals surface area (Å²) in [6.45, 7) is 7.01. The first-order valence-corrected chi connectivity index (χ1v) is 10.6. The molecule has 13 heteroatoms. The van der Waals surface area contributed by atoms with E-state index in [1.807, 2.05) is 13.8 Å². The molecule has 0 saturated heterocycles. The van der Waals surface area contributed by atoms with E-state index in [1.54, 1.807) is 13.8 Å². The maximum atomic E-state index is 13.7. The SMILES string of the molecule is Cc1nc(-c2onc(C)c2Nc2cncc(OC(C)C)n2)ccc1NC(=O)[C@H]1[C@H](C(=O)O)C1(F)F. The van der Waals surface area contributed by atoms with E-state index >= 15 is 0 Å². The third kappa shape index (κ3) is 4.74. The molecular weight excluding hydrogens is 466 g/mol. The Labute approximate surface area is 197 Å². The molecular formula is C22H22F2N6O5. The molecule has 0 aromatic carbocycles. The number of amides is 1. The molecule has 0 spiro atoms. The second kappa shape index (κ2) is 8.89. The van der Waals surface area contributed by atoms with Crippen molar-refractivity contribution in [2.24, 2.45) is 11.8 Å². The predicted molar refractivity (Wildman–Crippen MR) is 118 cm³/mol. The first-order valence-electron chi connectivity index (χ1n) is 10.6. The zero-order valence-corrected chi connectivity index (χ0v) is 19.2. The highest BCUT2D eigenvalue weighted by Crippen LogP contribution is 2.55. The van der Waals surface area contributed by atoms with Crippen LogP contribution in [0.25, 0.3) is 11.5 Å². The molecule has 11 nitrogen and oxygen atoms in total. The van der Waals surface area contributed by atoms with Crippen molar-refractivity contribution in [1.29, 1.82) is 0 Å². The summed E-state index contributed by atoms with van der Waals surface area (Å²) in [5.41, 5.74) is 1.82. The lowest BCUT2D eigenvalue weighted by molar-refractivity contribution is -0.141. The van der Waals surface area contributed by atoms with Crippen molar-refractivity contribution < 1.29 is 32.7 Å². The second-order valence-corrected chi connectivity index (χ2v) is 8.29. The molecule has 1 fully saturated rings. The van der Waals surface area contributed by atoms with Crippen LogP contribution < -0.4 is 15.4 Å². The molecule has 1 aliphatic carbocycles. The number of alkyl halides is 2. The number of halogens is 2. The summed E-state index contributed by atoms with van der Waals surface area (Å²) in [4.78, 5) is 36.0. The fourth-order valence-corrected chi connectivity index (χ4v) is 3.52. The molecule has 1 aliphatic rings. The monoisotopic (exact) mass is 488 g/mol. The Morgan fingerprint density at radius 3 is 2.51 bits per heavy atom. The summed E-state index contributed by atoms with van der Waals surface area (Å²) < 4.78 is 38.3. The minimum atomic E-state index is -3.59. The van der Waals surface area contributed by atoms with Gasteiger partial charge in [0.25, 0.3) is 5.92 Å². The summed E-state index contributed by atoms with van der Waals surface area (Å²) in [6.07, 6.45) is 2.90. The third-order valence-corrected chi connectivity index (χ3v) is 5.26. The predicted octanol–water partition coefficient (Wildman–Crippen LogP) is 3.58. The highest BCUT2D eigenvalue weighted by molar-refractivity contribution is 6.00. The average molecular weight is 488 g/mol. The van der Waals surface area contributed by atoms with Gasteiger partial charge in [0.2, 0.25) is 17.5 Å². The van der Waals surface area contributed by atoms with Crippen molar-refractivity contribution in [1.82, 2.24) is 20.1 Å². The van der Waals surface area contributed by atoms with Gasteiger partial charge >= 0.3 is 5.97 Å². The zero-order chi connectivity index (χ0) is 25.5. The minimum absolute atomic E-state index is 0.0835. The largest absolute Gasteiger partial charge is 0.481 e. The first-order chi connectivity index (χ1) is 16.5. The second-order valence-electron chi connectivity index (χ2n) is 8.29. The molecule has 1 saturated carbocycles. The van der Waals surface area contributed by atoms with Gasteiger partial charge in [-0.1, -0.05) is 5.16 Å². The Morgan fingerprint density at radius 2 is 1.89 bits per heavy atom. The first kappa shape index (κ1) is 24.0. The van der Waals surface area contributed by atoms with Crippen LogP contribution in [-0.2, 0) is 9.59 Å². The number of aromatic nitrogens is 4. The van der Waals surface area contributed by atoms with E-state index in [0.717, 1.165) is 0 Å². The molecule has 1 amide bonds. The van der Waals surface area contributed by atoms with Gasteiger partial charge in [0.1, 0.15) is 28.9 Å². The van der Waals surface area contributed by atoms with Gasteiger partial charge in [-0.2, -0.15) is 4.98 Å². The van der Waals surface area contributed by atoms with Crippen LogP contribution in [0, 0.1) is 25.7 Å². The highest BCUT2D eigenvalue weighted by atomic mass is 19.3. The van der Waals surface area contributed by atoms with Crippen molar-refractivity contribution >= 4 is 29.1 Å². The quantitative estimate of drug-likeness (QED) is 0.429. The number of hydrogen-bond donors (Lipinski definition) is 3. The number of carboxylic acids is 1. The average Bonchev–Trinajstić information content (AvgIpc) is 3.19. The number of pyridine rings is 1. The molecule has 0 unspecified atom stereocenters. The smallest absolute Gasteiger partial charge is 0.313 e. The Balaban J connectivity index is 1.54. The van der Waals surface area contributed by atoms with Gasteiger partial charge in [0.15, 0.2) is 5.82 Å². The summed E-state index contributed by atoms with van der Waals surface area (Å²) >= 11 is 0. The van der Waals surface area contributed by atoms with E-state index in [9.17, 15) is 18.4 Å². The molecule has 184 valence electrons. The molecule has 0 bridgehead atoms. The fourth-order valence-electron chi connectivity index (χ4n) is 3.52. The van der Waals surface area contributed by atoms with Crippen LogP contribution in [0.5, 0.6) is 5.88 Å². The van der Waals surface area contributed by atoms with Crippen molar-refractivity contribution in [3.63, 3.8) is 0 Å². The third-order valence-electron chi connectivity index (χ3n) is 5.26. The maximum Gasteiger partial charge on any atom is 0.313 e. The fraction of sp³-hybridized carbons (Fsp3) is 0.364. The van der Waals surface area contributed by atoms with Gasteiger partial charge in [-0.25, -0.2) is 13.8 Å². The van der Waals surface area contributed by atoms with Crippen LogP contribution in [0.1, 0.15) is 25.2 Å². The Morgan fingerprint density at radius 1 is 1.14 bits per heavy atom. The molecule has 35 heavy (non-hydrogen) atoms. The molecule has 2 atom stereocenters. The molecule has 0 aliphatic heterocycles. The number of carbonyl (C=O) groups excluding carboxylic acids is 1. The van der Waals surface area contributed by atoms with Crippen LogP contribution in [0.3, 0.4) is 0 Å². The molecule has 3 aromatic rings. The van der Waals surface area contributed by atoms with Crippen molar-refractivity contribution in [3.8, 4) is 17.3 Å². The van der Waals surface area contributed by atoms with Gasteiger partial charge in [0, 0.05) is 0 Å². The number of carbonyl (C=O) groups is 2. The van der Waals surface area contributed by atoms with Crippen LogP contribution >= 0.6 is 0 Å². The number of hydrogen-bond acceptors (Lipinski definition) is 9. The van der Waals surface area contributed by atoms with Crippen molar-refractivity contribution in [2.45, 2.75) is 39.7 Å². The molecule has 4 rings (SSSR count). The van der Waals surface area contributed by atoms with E-state index in [0.29, 0.717) is 34.5 Å². The van der Waals surface area contributed by atoms with Crippen molar-refractivity contribution in [2.75, 3.05) is 10.6 Å². The van der Waals surface area contributed by atoms with E-state index in [-0.39, 0.29) is 17.6 Å². The van der Waals surface area contributed by atoms with E-state index in [1.165, 1.54) is 24.5 Å². The molecule has 3 heterocycles. The highest BCUT2D eigenvalue weighted by Gasteiger charge is 2.76. The number of aryl methyl sites for hydroxylation is 2. The summed E-state index contributed by atoms with van der Waals surface area (Å²) in [6, 6.07) is 2.97. The number of nitrogens with one attached hydrogen (secondary N) is 2. The van der Waals surface area contributed by atoms with E-state index in [2.05, 4.69) is 30.7 Å². The summed E-state index contributed by atoms with van der Waals surface area (Å²) in [7, 11) is 0. The van der Waals surface area contributed by atoms with Crippen LogP contribution in [-0.4, -0.2) is 49.1 Å². The standard InChI is InChI=1S/C22H22F2N6O5/c1-9(2)34-15-8-25-7-14(28-15)29-18-11(4)30-35-19(18)13-6-5-12(10(3)26-13)27-20(31)16-17(21(32)33)22(16,23)24/h5-9,16-17H,1-4H3,(H,27,31)(H,28,29)(H,32,33)/t16-,17-/m1/s1. The maximum absolute atomic E-state index is 13.7. The van der Waals surface area contributed by atoms with Crippen LogP contribution in [0.2, 0.25) is 0 Å². The van der Waals surface area contributed by atoms with Crippen LogP contribution in [0.15, 0.2) is 29.0 Å². The topological polar surface area (TPSA) is 152 Å². The summed E-state index contributed by atoms with van der Waals surface area (Å²) in [5.74, 6) is -9.35. The number of aliphatic carboxylic acids is 1. The Kier molecular flexibility index (Phi) is 6.09. The Hall–Kier alpha value is -4.16. The molecule has 3 aromatic heterocycles. The molecule has 3 N–H and O–H groups in total. The lowest BCUT2D eigenvalue weighted by Crippen LogP contribution is -2.19. The van der Waals surface area contributed by atoms with Gasteiger partial charge in [-0.05, 0) is 39.8 Å². The number of carboxylic acid groups (broad SMARTS) is 1. The summed E-state index contributed by atoms with van der Waals surface area (Å²) in [5, 5.41) is 18.3. The van der Waals surface area contributed by atoms with E-state index < -0.39 is 29.6 Å². The van der Waals surface area contributed by atoms with Crippen molar-refractivity contribution in [3.05, 3.63) is 35.9 Å².